The number of imide groups is 1. The number of carbonyl (C=O) groups excluding carboxylic acids is 4. The molecule has 1 aromatic carbocycles. The summed E-state index contributed by atoms with van der Waals surface area (Å²) < 4.78 is 5.17. The van der Waals surface area contributed by atoms with Crippen LogP contribution in [0.5, 0.6) is 0 Å². The zero-order valence-corrected chi connectivity index (χ0v) is 20.7. The van der Waals surface area contributed by atoms with Crippen LogP contribution in [0.2, 0.25) is 0 Å². The number of amides is 4. The number of nitrogens with one attached hydrogen (secondary N) is 2. The van der Waals surface area contributed by atoms with E-state index in [1.165, 1.54) is 0 Å². The predicted molar refractivity (Wildman–Crippen MR) is 129 cm³/mol. The lowest BCUT2D eigenvalue weighted by molar-refractivity contribution is -0.135. The van der Waals surface area contributed by atoms with Crippen molar-refractivity contribution in [1.82, 2.24) is 10.2 Å². The van der Waals surface area contributed by atoms with Crippen LogP contribution in [0.3, 0.4) is 0 Å². The van der Waals surface area contributed by atoms with E-state index >= 15 is 0 Å². The molecule has 1 aromatic rings. The summed E-state index contributed by atoms with van der Waals surface area (Å²) in [5, 5.41) is 5.56. The average molecular weight is 472 g/mol. The normalized spacial score (nSPS) is 22.6. The van der Waals surface area contributed by atoms with Gasteiger partial charge in [0.2, 0.25) is 5.91 Å². The van der Waals surface area contributed by atoms with Crippen molar-refractivity contribution in [2.24, 2.45) is 11.3 Å². The quantitative estimate of drug-likeness (QED) is 0.313. The van der Waals surface area contributed by atoms with Crippen LogP contribution < -0.4 is 10.6 Å². The first kappa shape index (κ1) is 25.7. The molecule has 0 unspecified atom stereocenters. The molecule has 3 rings (SSSR count). The Morgan fingerprint density at radius 2 is 1.79 bits per heavy atom. The molecule has 2 N–H and O–H groups in total. The lowest BCUT2D eigenvalue weighted by Crippen LogP contribution is -2.51. The van der Waals surface area contributed by atoms with Crippen LogP contribution in [-0.4, -0.2) is 47.4 Å². The number of hydrogen-bond acceptors (Lipinski definition) is 5. The minimum Gasteiger partial charge on any atom is -0.462 e. The van der Waals surface area contributed by atoms with Crippen LogP contribution in [0.25, 0.3) is 0 Å². The molecule has 0 atom stereocenters. The zero-order valence-electron chi connectivity index (χ0n) is 20.7. The highest BCUT2D eigenvalue weighted by molar-refractivity contribution is 6.10. The zero-order chi connectivity index (χ0) is 24.9. The number of nitrogens with zero attached hydrogens (tertiary/aromatic N) is 1. The first-order valence-electron chi connectivity index (χ1n) is 12.3. The number of hydrogen-bond donors (Lipinski definition) is 2. The number of anilines is 1. The van der Waals surface area contributed by atoms with E-state index in [1.54, 1.807) is 24.3 Å². The van der Waals surface area contributed by atoms with Gasteiger partial charge in [-0.15, -0.1) is 0 Å². The lowest BCUT2D eigenvalue weighted by atomic mass is 9.65. The van der Waals surface area contributed by atoms with Gasteiger partial charge in [-0.2, -0.15) is 0 Å². The third kappa shape index (κ3) is 5.59. The van der Waals surface area contributed by atoms with E-state index in [0.717, 1.165) is 37.0 Å². The third-order valence-corrected chi connectivity index (χ3v) is 7.54. The summed E-state index contributed by atoms with van der Waals surface area (Å²) in [6.07, 6.45) is 5.76. The second-order valence-electron chi connectivity index (χ2n) is 10.1. The maximum absolute atomic E-state index is 13.1. The lowest BCUT2D eigenvalue weighted by Gasteiger charge is -2.42. The van der Waals surface area contributed by atoms with E-state index in [9.17, 15) is 19.2 Å². The van der Waals surface area contributed by atoms with Gasteiger partial charge in [0.05, 0.1) is 12.2 Å². The number of carbonyl (C=O) groups is 4. The summed E-state index contributed by atoms with van der Waals surface area (Å²) in [6, 6.07) is 5.82. The smallest absolute Gasteiger partial charge is 0.338 e. The van der Waals surface area contributed by atoms with Crippen LogP contribution in [0, 0.1) is 11.3 Å². The molecule has 8 nitrogen and oxygen atoms in total. The van der Waals surface area contributed by atoms with E-state index in [1.807, 2.05) is 6.92 Å². The van der Waals surface area contributed by atoms with Crippen molar-refractivity contribution < 1.29 is 23.9 Å². The van der Waals surface area contributed by atoms with Gasteiger partial charge in [-0.3, -0.25) is 14.5 Å². The summed E-state index contributed by atoms with van der Waals surface area (Å²) in [6.45, 7) is 8.73. The first-order chi connectivity index (χ1) is 16.1. The Kier molecular flexibility index (Phi) is 8.00. The van der Waals surface area contributed by atoms with E-state index in [-0.39, 0.29) is 17.9 Å². The Hall–Kier alpha value is -2.90. The van der Waals surface area contributed by atoms with Crippen molar-refractivity contribution in [2.45, 2.75) is 78.2 Å². The summed E-state index contributed by atoms with van der Waals surface area (Å²) in [5.41, 5.74) is 0.178. The van der Waals surface area contributed by atoms with Crippen molar-refractivity contribution in [3.63, 3.8) is 0 Å². The molecule has 1 saturated carbocycles. The van der Waals surface area contributed by atoms with E-state index in [4.69, 9.17) is 4.74 Å². The summed E-state index contributed by atoms with van der Waals surface area (Å²) in [4.78, 5) is 51.3. The topological polar surface area (TPSA) is 105 Å². The van der Waals surface area contributed by atoms with Crippen molar-refractivity contribution in [3.8, 4) is 0 Å². The van der Waals surface area contributed by atoms with Gasteiger partial charge in [-0.25, -0.2) is 9.59 Å². The van der Waals surface area contributed by atoms with Crippen molar-refractivity contribution in [2.75, 3.05) is 18.5 Å². The molecule has 0 aromatic heterocycles. The van der Waals surface area contributed by atoms with Gasteiger partial charge >= 0.3 is 12.0 Å². The Bertz CT molecular complexity index is 917. The highest BCUT2D eigenvalue weighted by atomic mass is 16.5. The molecule has 2 fully saturated rings. The number of esters is 1. The molecule has 34 heavy (non-hydrogen) atoms. The molecule has 186 valence electrons. The molecule has 1 aliphatic heterocycles. The van der Waals surface area contributed by atoms with Crippen molar-refractivity contribution >= 4 is 29.5 Å². The fourth-order valence-corrected chi connectivity index (χ4v) is 4.77. The summed E-state index contributed by atoms with van der Waals surface area (Å²) >= 11 is 0. The van der Waals surface area contributed by atoms with Gasteiger partial charge in [0.15, 0.2) is 0 Å². The second kappa shape index (κ2) is 10.6. The van der Waals surface area contributed by atoms with Gasteiger partial charge in [0.25, 0.3) is 5.91 Å². The van der Waals surface area contributed by atoms with Gasteiger partial charge in [-0.05, 0) is 67.7 Å². The molecule has 1 aliphatic carbocycles. The third-order valence-electron chi connectivity index (χ3n) is 7.54. The molecule has 8 heteroatoms. The number of unbranched alkanes of at least 4 members (excludes halogenated alkanes) is 1. The van der Waals surface area contributed by atoms with Gasteiger partial charge in [-0.1, -0.05) is 40.5 Å². The molecule has 2 aliphatic rings. The minimum absolute atomic E-state index is 0.203. The molecular weight excluding hydrogens is 434 g/mol. The van der Waals surface area contributed by atoms with Crippen molar-refractivity contribution in [3.05, 3.63) is 29.8 Å². The molecule has 1 saturated heterocycles. The highest BCUT2D eigenvalue weighted by Crippen LogP contribution is 2.45. The maximum atomic E-state index is 13.1. The van der Waals surface area contributed by atoms with E-state index in [0.29, 0.717) is 36.6 Å². The molecular formula is C26H37N3O5. The van der Waals surface area contributed by atoms with Gasteiger partial charge in [0.1, 0.15) is 12.1 Å². The van der Waals surface area contributed by atoms with E-state index in [2.05, 4.69) is 31.4 Å². The molecule has 4 amide bonds. The molecule has 0 radical (unpaired) electrons. The number of urea groups is 1. The predicted octanol–water partition coefficient (Wildman–Crippen LogP) is 4.50. The average Bonchev–Trinajstić information content (AvgIpc) is 3.03. The molecule has 0 bridgehead atoms. The Balaban J connectivity index is 1.55. The van der Waals surface area contributed by atoms with Crippen LogP contribution in [0.1, 0.15) is 83.0 Å². The fourth-order valence-electron chi connectivity index (χ4n) is 4.77. The number of ether oxygens (including phenoxy) is 1. The standard InChI is InChI=1S/C26H37N3O5/c1-5-7-16-34-22(31)18-8-10-20(11-9-18)27-21(30)17-29-23(32)26(28-24(29)33)14-12-19(13-15-26)25(3,4)6-2/h8-11,19H,5-7,12-17H2,1-4H3,(H,27,30)(H,28,33). The SMILES string of the molecule is CCCCOC(=O)c1ccc(NC(=O)CN2C(=O)NC3(CCC(C(C)(C)CC)CC3)C2=O)cc1. The maximum Gasteiger partial charge on any atom is 0.338 e. The second-order valence-corrected chi connectivity index (χ2v) is 10.1. The minimum atomic E-state index is -0.891. The van der Waals surface area contributed by atoms with Crippen LogP contribution in [0.4, 0.5) is 10.5 Å². The fraction of sp³-hybridized carbons (Fsp3) is 0.615. The highest BCUT2D eigenvalue weighted by Gasteiger charge is 2.53. The molecule has 1 spiro atoms. The van der Waals surface area contributed by atoms with Crippen molar-refractivity contribution in [1.29, 1.82) is 0 Å². The number of rotatable bonds is 9. The van der Waals surface area contributed by atoms with Gasteiger partial charge in [0, 0.05) is 5.69 Å². The Labute approximate surface area is 201 Å². The first-order valence-corrected chi connectivity index (χ1v) is 12.3. The summed E-state index contributed by atoms with van der Waals surface area (Å²) in [7, 11) is 0. The van der Waals surface area contributed by atoms with Gasteiger partial charge < -0.3 is 15.4 Å². The van der Waals surface area contributed by atoms with E-state index < -0.39 is 23.4 Å². The monoisotopic (exact) mass is 471 g/mol. The largest absolute Gasteiger partial charge is 0.462 e. The molecule has 1 heterocycles. The Morgan fingerprint density at radius 3 is 2.38 bits per heavy atom. The van der Waals surface area contributed by atoms with Crippen LogP contribution >= 0.6 is 0 Å². The number of benzene rings is 1. The Morgan fingerprint density at radius 1 is 1.15 bits per heavy atom. The van der Waals surface area contributed by atoms with Crippen LogP contribution in [0.15, 0.2) is 24.3 Å². The van der Waals surface area contributed by atoms with Crippen LogP contribution in [-0.2, 0) is 14.3 Å². The summed E-state index contributed by atoms with van der Waals surface area (Å²) in [5.74, 6) is -0.685.